The maximum Gasteiger partial charge on any atom is 0.118 e. The third kappa shape index (κ3) is 3.68. The zero-order valence-electron chi connectivity index (χ0n) is 11.7. The minimum Gasteiger partial charge on any atom is -0.497 e. The second-order valence-corrected chi connectivity index (χ2v) is 5.22. The molecule has 4 heteroatoms. The highest BCUT2D eigenvalue weighted by atomic mass is 32.2. The highest BCUT2D eigenvalue weighted by Crippen LogP contribution is 2.25. The van der Waals surface area contributed by atoms with E-state index >= 15 is 0 Å². The van der Waals surface area contributed by atoms with Crippen LogP contribution in [0, 0.1) is 0 Å². The second-order valence-electron chi connectivity index (χ2n) is 4.37. The number of benzene rings is 2. The summed E-state index contributed by atoms with van der Waals surface area (Å²) in [4.78, 5) is 1.18. The molecule has 20 heavy (non-hydrogen) atoms. The Morgan fingerprint density at radius 1 is 1.15 bits per heavy atom. The first-order chi connectivity index (χ1) is 9.74. The van der Waals surface area contributed by atoms with Crippen LogP contribution in [0.2, 0.25) is 0 Å². The molecule has 0 heterocycles. The summed E-state index contributed by atoms with van der Waals surface area (Å²) < 4.78 is 5.11. The Balaban J connectivity index is 1.98. The zero-order valence-corrected chi connectivity index (χ0v) is 12.5. The van der Waals surface area contributed by atoms with Crippen LogP contribution >= 0.6 is 11.8 Å². The molecular formula is C16H19NO2S. The molecule has 0 saturated carbocycles. The van der Waals surface area contributed by atoms with Gasteiger partial charge in [0.05, 0.1) is 13.2 Å². The first kappa shape index (κ1) is 14.8. The Morgan fingerprint density at radius 2 is 1.85 bits per heavy atom. The van der Waals surface area contributed by atoms with Gasteiger partial charge in [-0.15, -0.1) is 11.8 Å². The van der Waals surface area contributed by atoms with Gasteiger partial charge in [-0.3, -0.25) is 0 Å². The van der Waals surface area contributed by atoms with Crippen LogP contribution < -0.4 is 10.1 Å². The van der Waals surface area contributed by atoms with Crippen LogP contribution in [0.5, 0.6) is 5.75 Å². The lowest BCUT2D eigenvalue weighted by Gasteiger charge is -2.15. The highest BCUT2D eigenvalue weighted by molar-refractivity contribution is 7.98. The van der Waals surface area contributed by atoms with Crippen molar-refractivity contribution in [1.82, 2.24) is 0 Å². The van der Waals surface area contributed by atoms with Crippen LogP contribution in [0.4, 0.5) is 5.69 Å². The van der Waals surface area contributed by atoms with E-state index < -0.39 is 6.10 Å². The molecule has 0 aromatic heterocycles. The summed E-state index contributed by atoms with van der Waals surface area (Å²) in [5.74, 6) is 0.793. The van der Waals surface area contributed by atoms with Crippen LogP contribution in [0.15, 0.2) is 53.4 Å². The zero-order chi connectivity index (χ0) is 14.4. The van der Waals surface area contributed by atoms with Gasteiger partial charge < -0.3 is 15.2 Å². The molecule has 2 rings (SSSR count). The second kappa shape index (κ2) is 7.22. The number of nitrogens with one attached hydrogen (secondary N) is 1. The van der Waals surface area contributed by atoms with Gasteiger partial charge in [0.1, 0.15) is 5.75 Å². The molecule has 0 aliphatic heterocycles. The number of aliphatic hydroxyl groups excluding tert-OH is 1. The SMILES string of the molecule is COc1ccc(C(O)CNc2ccccc2SC)cc1. The lowest BCUT2D eigenvalue weighted by molar-refractivity contribution is 0.191. The molecule has 2 aromatic rings. The number of thioether (sulfide) groups is 1. The molecule has 0 spiro atoms. The molecule has 2 aromatic carbocycles. The molecule has 0 bridgehead atoms. The third-order valence-electron chi connectivity index (χ3n) is 3.09. The lowest BCUT2D eigenvalue weighted by atomic mass is 10.1. The fourth-order valence-electron chi connectivity index (χ4n) is 1.94. The van der Waals surface area contributed by atoms with E-state index in [0.29, 0.717) is 6.54 Å². The van der Waals surface area contributed by atoms with Crippen molar-refractivity contribution in [2.75, 3.05) is 25.2 Å². The summed E-state index contributed by atoms with van der Waals surface area (Å²) in [6.07, 6.45) is 1.50. The number of aliphatic hydroxyl groups is 1. The molecular weight excluding hydrogens is 270 g/mol. The first-order valence-corrected chi connectivity index (χ1v) is 7.66. The van der Waals surface area contributed by atoms with Gasteiger partial charge in [0.15, 0.2) is 0 Å². The normalized spacial score (nSPS) is 11.9. The fraction of sp³-hybridized carbons (Fsp3) is 0.250. The summed E-state index contributed by atoms with van der Waals surface area (Å²) in [5.41, 5.74) is 1.92. The molecule has 0 amide bonds. The monoisotopic (exact) mass is 289 g/mol. The van der Waals surface area contributed by atoms with E-state index in [-0.39, 0.29) is 0 Å². The van der Waals surface area contributed by atoms with E-state index in [2.05, 4.69) is 11.4 Å². The number of ether oxygens (including phenoxy) is 1. The van der Waals surface area contributed by atoms with Gasteiger partial charge in [-0.05, 0) is 36.1 Å². The molecule has 1 unspecified atom stereocenters. The smallest absolute Gasteiger partial charge is 0.118 e. The van der Waals surface area contributed by atoms with Crippen molar-refractivity contribution < 1.29 is 9.84 Å². The Kier molecular flexibility index (Phi) is 5.32. The average Bonchev–Trinajstić information content (AvgIpc) is 2.53. The van der Waals surface area contributed by atoms with Gasteiger partial charge >= 0.3 is 0 Å². The largest absolute Gasteiger partial charge is 0.497 e. The Morgan fingerprint density at radius 3 is 2.50 bits per heavy atom. The summed E-state index contributed by atoms with van der Waals surface area (Å²) in [6.45, 7) is 0.476. The molecule has 1 atom stereocenters. The number of methoxy groups -OCH3 is 1. The minimum absolute atomic E-state index is 0.476. The van der Waals surface area contributed by atoms with Gasteiger partial charge in [-0.2, -0.15) is 0 Å². The number of para-hydroxylation sites is 1. The van der Waals surface area contributed by atoms with Crippen molar-refractivity contribution in [3.8, 4) is 5.75 Å². The summed E-state index contributed by atoms with van der Waals surface area (Å²) >= 11 is 1.69. The molecule has 0 saturated heterocycles. The van der Waals surface area contributed by atoms with Gasteiger partial charge in [-0.25, -0.2) is 0 Å². The van der Waals surface area contributed by atoms with Crippen LogP contribution in [0.3, 0.4) is 0 Å². The molecule has 0 fully saturated rings. The van der Waals surface area contributed by atoms with Crippen LogP contribution in [0.1, 0.15) is 11.7 Å². The number of hydrogen-bond donors (Lipinski definition) is 2. The van der Waals surface area contributed by atoms with E-state index in [0.717, 1.165) is 17.0 Å². The maximum absolute atomic E-state index is 10.2. The van der Waals surface area contributed by atoms with Crippen LogP contribution in [-0.2, 0) is 0 Å². The van der Waals surface area contributed by atoms with E-state index in [1.54, 1.807) is 18.9 Å². The summed E-state index contributed by atoms with van der Waals surface area (Å²) in [7, 11) is 1.63. The number of rotatable bonds is 6. The van der Waals surface area contributed by atoms with E-state index in [1.165, 1.54) is 4.90 Å². The van der Waals surface area contributed by atoms with Crippen molar-refractivity contribution in [3.05, 3.63) is 54.1 Å². The summed E-state index contributed by atoms with van der Waals surface area (Å²) in [6, 6.07) is 15.6. The minimum atomic E-state index is -0.546. The van der Waals surface area contributed by atoms with Crippen molar-refractivity contribution in [1.29, 1.82) is 0 Å². The van der Waals surface area contributed by atoms with Crippen molar-refractivity contribution in [2.45, 2.75) is 11.0 Å². The fourth-order valence-corrected chi connectivity index (χ4v) is 2.52. The lowest BCUT2D eigenvalue weighted by Crippen LogP contribution is -2.12. The Bertz CT molecular complexity index is 542. The predicted octanol–water partition coefficient (Wildman–Crippen LogP) is 3.56. The molecule has 2 N–H and O–H groups in total. The van der Waals surface area contributed by atoms with Crippen molar-refractivity contribution >= 4 is 17.4 Å². The topological polar surface area (TPSA) is 41.5 Å². The quantitative estimate of drug-likeness (QED) is 0.798. The predicted molar refractivity (Wildman–Crippen MR) is 84.7 cm³/mol. The Labute approximate surface area is 124 Å². The van der Waals surface area contributed by atoms with E-state index in [4.69, 9.17) is 4.74 Å². The molecule has 0 aliphatic rings. The molecule has 106 valence electrons. The molecule has 0 radical (unpaired) electrons. The number of hydrogen-bond acceptors (Lipinski definition) is 4. The van der Waals surface area contributed by atoms with E-state index in [9.17, 15) is 5.11 Å². The van der Waals surface area contributed by atoms with Crippen molar-refractivity contribution in [2.24, 2.45) is 0 Å². The van der Waals surface area contributed by atoms with Gasteiger partial charge in [0.25, 0.3) is 0 Å². The van der Waals surface area contributed by atoms with Crippen molar-refractivity contribution in [3.63, 3.8) is 0 Å². The third-order valence-corrected chi connectivity index (χ3v) is 3.89. The maximum atomic E-state index is 10.2. The molecule has 0 aliphatic carbocycles. The van der Waals surface area contributed by atoms with Gasteiger partial charge in [0, 0.05) is 17.1 Å². The first-order valence-electron chi connectivity index (χ1n) is 6.43. The van der Waals surface area contributed by atoms with Crippen LogP contribution in [0.25, 0.3) is 0 Å². The summed E-state index contributed by atoms with van der Waals surface area (Å²) in [5, 5.41) is 13.5. The standard InChI is InChI=1S/C16H19NO2S/c1-19-13-9-7-12(8-10-13)15(18)11-17-14-5-3-4-6-16(14)20-2/h3-10,15,17-18H,11H2,1-2H3. The molecule has 3 nitrogen and oxygen atoms in total. The van der Waals surface area contributed by atoms with Gasteiger partial charge in [-0.1, -0.05) is 24.3 Å². The van der Waals surface area contributed by atoms with Gasteiger partial charge in [0.2, 0.25) is 0 Å². The highest BCUT2D eigenvalue weighted by Gasteiger charge is 2.08. The van der Waals surface area contributed by atoms with Crippen LogP contribution in [-0.4, -0.2) is 25.0 Å². The number of anilines is 1. The van der Waals surface area contributed by atoms with E-state index in [1.807, 2.05) is 48.7 Å². The Hall–Kier alpha value is -1.65. The average molecular weight is 289 g/mol.